The topological polar surface area (TPSA) is 47.0 Å². The van der Waals surface area contributed by atoms with Gasteiger partial charge in [0.25, 0.3) is 0 Å². The van der Waals surface area contributed by atoms with E-state index in [1.807, 2.05) is 45.0 Å². The van der Waals surface area contributed by atoms with Crippen LogP contribution in [0.15, 0.2) is 36.4 Å². The number of aromatic nitrogens is 2. The first-order valence-electron chi connectivity index (χ1n) is 6.92. The lowest BCUT2D eigenvalue weighted by molar-refractivity contribution is 0.0718. The lowest BCUT2D eigenvalue weighted by atomic mass is 10.1. The molecule has 1 atom stereocenters. The molecule has 0 spiro atoms. The summed E-state index contributed by atoms with van der Waals surface area (Å²) in [7, 11) is 0. The van der Waals surface area contributed by atoms with Crippen molar-refractivity contribution in [1.82, 2.24) is 10.2 Å². The van der Waals surface area contributed by atoms with Crippen molar-refractivity contribution in [3.63, 3.8) is 0 Å². The highest BCUT2D eigenvalue weighted by molar-refractivity contribution is 5.37. The summed E-state index contributed by atoms with van der Waals surface area (Å²) in [5.41, 5.74) is 3.26. The molecule has 0 saturated carbocycles. The Morgan fingerprint density at radius 2 is 1.90 bits per heavy atom. The molecule has 1 aromatic heterocycles. The van der Waals surface area contributed by atoms with Gasteiger partial charge < -0.3 is 10.1 Å². The van der Waals surface area contributed by atoms with E-state index in [0.717, 1.165) is 17.1 Å². The van der Waals surface area contributed by atoms with E-state index in [4.69, 9.17) is 4.74 Å². The Kier molecular flexibility index (Phi) is 5.07. The smallest absolute Gasteiger partial charge is 0.149 e. The molecule has 4 nitrogen and oxygen atoms in total. The highest BCUT2D eigenvalue weighted by Gasteiger charge is 2.11. The van der Waals surface area contributed by atoms with Gasteiger partial charge >= 0.3 is 0 Å². The van der Waals surface area contributed by atoms with Gasteiger partial charge in [-0.2, -0.15) is 5.10 Å². The highest BCUT2D eigenvalue weighted by atomic mass is 16.5. The molecule has 0 amide bonds. The number of rotatable bonds is 6. The van der Waals surface area contributed by atoms with Crippen molar-refractivity contribution in [2.75, 3.05) is 18.5 Å². The summed E-state index contributed by atoms with van der Waals surface area (Å²) in [5.74, 6) is 0.786. The Hall–Kier alpha value is -1.94. The first-order valence-corrected chi connectivity index (χ1v) is 6.92. The Morgan fingerprint density at radius 1 is 1.15 bits per heavy atom. The zero-order chi connectivity index (χ0) is 14.4. The van der Waals surface area contributed by atoms with Crippen LogP contribution in [0.25, 0.3) is 0 Å². The number of aryl methyl sites for hydroxylation is 2. The standard InChI is InChI=1S/C16H21N3O/c1-4-20-15(14-8-6-5-7-9-14)11-17-16-10-12(2)13(3)18-19-16/h5-10,15H,4,11H2,1-3H3,(H,17,19). The molecule has 1 aromatic carbocycles. The quantitative estimate of drug-likeness (QED) is 0.876. The van der Waals surface area contributed by atoms with Gasteiger partial charge in [-0.15, -0.1) is 5.10 Å². The Morgan fingerprint density at radius 3 is 2.55 bits per heavy atom. The molecule has 0 saturated heterocycles. The number of nitrogens with zero attached hydrogens (tertiary/aromatic N) is 2. The third kappa shape index (κ3) is 3.78. The van der Waals surface area contributed by atoms with Crippen molar-refractivity contribution in [3.05, 3.63) is 53.2 Å². The molecule has 0 bridgehead atoms. The van der Waals surface area contributed by atoms with Crippen molar-refractivity contribution in [1.29, 1.82) is 0 Å². The molecule has 0 fully saturated rings. The number of benzene rings is 1. The minimum Gasteiger partial charge on any atom is -0.372 e. The van der Waals surface area contributed by atoms with E-state index in [0.29, 0.717) is 13.2 Å². The fourth-order valence-electron chi connectivity index (χ4n) is 1.97. The van der Waals surface area contributed by atoms with Crippen LogP contribution in [0.1, 0.15) is 29.8 Å². The van der Waals surface area contributed by atoms with Crippen LogP contribution in [0.5, 0.6) is 0 Å². The summed E-state index contributed by atoms with van der Waals surface area (Å²) >= 11 is 0. The van der Waals surface area contributed by atoms with Crippen LogP contribution in [0.4, 0.5) is 5.82 Å². The van der Waals surface area contributed by atoms with E-state index in [1.54, 1.807) is 0 Å². The number of hydrogen-bond acceptors (Lipinski definition) is 4. The Balaban J connectivity index is 2.03. The fraction of sp³-hybridized carbons (Fsp3) is 0.375. The van der Waals surface area contributed by atoms with Crippen molar-refractivity contribution < 1.29 is 4.74 Å². The summed E-state index contributed by atoms with van der Waals surface area (Å²) in [6.07, 6.45) is 0.0182. The Bertz CT molecular complexity index is 543. The minimum atomic E-state index is 0.0182. The number of hydrogen-bond donors (Lipinski definition) is 1. The first-order chi connectivity index (χ1) is 9.70. The van der Waals surface area contributed by atoms with E-state index in [2.05, 4.69) is 27.6 Å². The van der Waals surface area contributed by atoms with E-state index in [9.17, 15) is 0 Å². The summed E-state index contributed by atoms with van der Waals surface area (Å²) in [6, 6.07) is 12.2. The highest BCUT2D eigenvalue weighted by Crippen LogP contribution is 2.18. The van der Waals surface area contributed by atoms with Crippen LogP contribution in [-0.4, -0.2) is 23.3 Å². The minimum absolute atomic E-state index is 0.0182. The molecule has 1 heterocycles. The molecule has 0 radical (unpaired) electrons. The van der Waals surface area contributed by atoms with E-state index in [-0.39, 0.29) is 6.10 Å². The molecule has 4 heteroatoms. The number of nitrogens with one attached hydrogen (secondary N) is 1. The van der Waals surface area contributed by atoms with Gasteiger partial charge in [0.1, 0.15) is 5.82 Å². The molecule has 1 unspecified atom stereocenters. The molecular weight excluding hydrogens is 250 g/mol. The van der Waals surface area contributed by atoms with E-state index in [1.165, 1.54) is 5.56 Å². The normalized spacial score (nSPS) is 12.2. The fourth-order valence-corrected chi connectivity index (χ4v) is 1.97. The average molecular weight is 271 g/mol. The molecule has 106 valence electrons. The molecule has 20 heavy (non-hydrogen) atoms. The van der Waals surface area contributed by atoms with Crippen molar-refractivity contribution in [2.45, 2.75) is 26.9 Å². The lowest BCUT2D eigenvalue weighted by Crippen LogP contribution is -2.17. The molecule has 1 N–H and O–H groups in total. The predicted molar refractivity (Wildman–Crippen MR) is 80.8 cm³/mol. The molecule has 0 aliphatic heterocycles. The van der Waals surface area contributed by atoms with Gasteiger partial charge in [0.05, 0.1) is 11.8 Å². The van der Waals surface area contributed by atoms with Gasteiger partial charge in [-0.05, 0) is 38.0 Å². The van der Waals surface area contributed by atoms with Gasteiger partial charge in [0.2, 0.25) is 0 Å². The maximum Gasteiger partial charge on any atom is 0.149 e. The summed E-state index contributed by atoms with van der Waals surface area (Å²) in [4.78, 5) is 0. The zero-order valence-electron chi connectivity index (χ0n) is 12.3. The monoisotopic (exact) mass is 271 g/mol. The van der Waals surface area contributed by atoms with Crippen LogP contribution in [-0.2, 0) is 4.74 Å². The SMILES string of the molecule is CCOC(CNc1cc(C)c(C)nn1)c1ccccc1. The first kappa shape index (κ1) is 14.5. The van der Waals surface area contributed by atoms with Crippen LogP contribution in [0, 0.1) is 13.8 Å². The zero-order valence-corrected chi connectivity index (χ0v) is 12.3. The summed E-state index contributed by atoms with van der Waals surface area (Å²) < 4.78 is 5.79. The maximum atomic E-state index is 5.79. The number of anilines is 1. The van der Waals surface area contributed by atoms with Crippen molar-refractivity contribution in [3.8, 4) is 0 Å². The van der Waals surface area contributed by atoms with Crippen molar-refractivity contribution in [2.24, 2.45) is 0 Å². The van der Waals surface area contributed by atoms with Gasteiger partial charge in [-0.1, -0.05) is 30.3 Å². The molecular formula is C16H21N3O. The Labute approximate surface area is 120 Å². The van der Waals surface area contributed by atoms with Gasteiger partial charge in [-0.3, -0.25) is 0 Å². The van der Waals surface area contributed by atoms with Gasteiger partial charge in [-0.25, -0.2) is 0 Å². The molecule has 2 rings (SSSR count). The van der Waals surface area contributed by atoms with Gasteiger partial charge in [0.15, 0.2) is 0 Å². The lowest BCUT2D eigenvalue weighted by Gasteiger charge is -2.18. The second-order valence-corrected chi connectivity index (χ2v) is 4.73. The van der Waals surface area contributed by atoms with Gasteiger partial charge in [0, 0.05) is 13.2 Å². The van der Waals surface area contributed by atoms with E-state index >= 15 is 0 Å². The summed E-state index contributed by atoms with van der Waals surface area (Å²) in [6.45, 7) is 7.35. The van der Waals surface area contributed by atoms with Crippen LogP contribution < -0.4 is 5.32 Å². The number of ether oxygens (including phenoxy) is 1. The third-order valence-corrected chi connectivity index (χ3v) is 3.24. The summed E-state index contributed by atoms with van der Waals surface area (Å²) in [5, 5.41) is 11.6. The maximum absolute atomic E-state index is 5.79. The molecule has 0 aliphatic rings. The second kappa shape index (κ2) is 7.01. The van der Waals surface area contributed by atoms with Crippen LogP contribution in [0.2, 0.25) is 0 Å². The average Bonchev–Trinajstić information content (AvgIpc) is 2.48. The second-order valence-electron chi connectivity index (χ2n) is 4.73. The molecule has 0 aliphatic carbocycles. The third-order valence-electron chi connectivity index (χ3n) is 3.24. The molecule has 2 aromatic rings. The van der Waals surface area contributed by atoms with Crippen LogP contribution in [0.3, 0.4) is 0 Å². The largest absolute Gasteiger partial charge is 0.372 e. The van der Waals surface area contributed by atoms with E-state index < -0.39 is 0 Å². The predicted octanol–water partition coefficient (Wildman–Crippen LogP) is 3.28. The van der Waals surface area contributed by atoms with Crippen LogP contribution >= 0.6 is 0 Å². The van der Waals surface area contributed by atoms with Crippen molar-refractivity contribution >= 4 is 5.82 Å².